The number of hydrogen-bond donors (Lipinski definition) is 1. The summed E-state index contributed by atoms with van der Waals surface area (Å²) in [5.41, 5.74) is 3.14. The van der Waals surface area contributed by atoms with Gasteiger partial charge in [0.25, 0.3) is 5.91 Å². The largest absolute Gasteiger partial charge is 0.484 e. The fourth-order valence-corrected chi connectivity index (χ4v) is 4.75. The van der Waals surface area contributed by atoms with Crippen molar-refractivity contribution in [3.63, 3.8) is 0 Å². The van der Waals surface area contributed by atoms with Crippen LogP contribution in [0.5, 0.6) is 5.75 Å². The first-order valence-electron chi connectivity index (χ1n) is 12.3. The van der Waals surface area contributed by atoms with Crippen molar-refractivity contribution in [1.82, 2.24) is 10.2 Å². The fourth-order valence-electron chi connectivity index (χ4n) is 4.06. The third-order valence-corrected chi connectivity index (χ3v) is 7.74. The number of hydrogen-bond acceptors (Lipinski definition) is 3. The van der Waals surface area contributed by atoms with Gasteiger partial charge in [0.15, 0.2) is 6.61 Å². The van der Waals surface area contributed by atoms with Gasteiger partial charge in [-0.1, -0.05) is 75.5 Å². The van der Waals surface area contributed by atoms with Crippen LogP contribution < -0.4 is 10.1 Å². The molecule has 0 saturated carbocycles. The van der Waals surface area contributed by atoms with E-state index < -0.39 is 11.6 Å². The topological polar surface area (TPSA) is 58.6 Å². The Morgan fingerprint density at radius 2 is 1.63 bits per heavy atom. The number of carbonyl (C=O) groups is 2. The highest BCUT2D eigenvalue weighted by Gasteiger charge is 2.33. The number of amides is 2. The molecule has 3 rings (SSSR count). The Hall–Kier alpha value is -2.54. The van der Waals surface area contributed by atoms with E-state index in [1.807, 2.05) is 77.1 Å². The molecule has 0 heterocycles. The Balaban J connectivity index is 1.97. The van der Waals surface area contributed by atoms with Crippen LogP contribution in [0.2, 0.25) is 10.0 Å². The van der Waals surface area contributed by atoms with Gasteiger partial charge in [0.05, 0.1) is 0 Å². The highest BCUT2D eigenvalue weighted by molar-refractivity contribution is 9.10. The number of nitrogens with one attached hydrogen (secondary N) is 1. The Bertz CT molecular complexity index is 1270. The minimum absolute atomic E-state index is 0.117. The van der Waals surface area contributed by atoms with Crippen molar-refractivity contribution in [3.8, 4) is 5.75 Å². The Kier molecular flexibility index (Phi) is 10.3. The van der Waals surface area contributed by atoms with E-state index in [1.54, 1.807) is 23.1 Å². The van der Waals surface area contributed by atoms with Gasteiger partial charge in [-0.3, -0.25) is 9.59 Å². The van der Waals surface area contributed by atoms with Crippen molar-refractivity contribution in [2.24, 2.45) is 0 Å². The van der Waals surface area contributed by atoms with Gasteiger partial charge in [-0.15, -0.1) is 0 Å². The van der Waals surface area contributed by atoms with E-state index in [0.29, 0.717) is 27.8 Å². The van der Waals surface area contributed by atoms with E-state index in [9.17, 15) is 9.59 Å². The molecule has 202 valence electrons. The van der Waals surface area contributed by atoms with Gasteiger partial charge in [-0.05, 0) is 81.1 Å². The predicted molar refractivity (Wildman–Crippen MR) is 158 cm³/mol. The van der Waals surface area contributed by atoms with Gasteiger partial charge in [-0.25, -0.2) is 0 Å². The molecule has 0 bridgehead atoms. The van der Waals surface area contributed by atoms with E-state index in [4.69, 9.17) is 27.9 Å². The number of benzene rings is 3. The first-order chi connectivity index (χ1) is 17.8. The van der Waals surface area contributed by atoms with E-state index in [-0.39, 0.29) is 25.0 Å². The third-order valence-electron chi connectivity index (χ3n) is 5.90. The van der Waals surface area contributed by atoms with Crippen LogP contribution in [0.25, 0.3) is 0 Å². The summed E-state index contributed by atoms with van der Waals surface area (Å²) >= 11 is 16.2. The second-order valence-corrected chi connectivity index (χ2v) is 12.0. The lowest BCUT2D eigenvalue weighted by Crippen LogP contribution is -2.55. The highest BCUT2D eigenvalue weighted by Crippen LogP contribution is 2.27. The third kappa shape index (κ3) is 8.48. The van der Waals surface area contributed by atoms with Crippen molar-refractivity contribution in [3.05, 3.63) is 97.4 Å². The van der Waals surface area contributed by atoms with E-state index >= 15 is 0 Å². The van der Waals surface area contributed by atoms with Crippen LogP contribution in [0.1, 0.15) is 43.0 Å². The fraction of sp³-hybridized carbons (Fsp3) is 0.333. The van der Waals surface area contributed by atoms with Gasteiger partial charge in [0.2, 0.25) is 5.91 Å². The zero-order valence-electron chi connectivity index (χ0n) is 22.3. The molecule has 0 saturated heterocycles. The molecule has 1 atom stereocenters. The molecule has 0 spiro atoms. The minimum atomic E-state index is -0.798. The second kappa shape index (κ2) is 13.0. The van der Waals surface area contributed by atoms with Crippen LogP contribution in [0.15, 0.2) is 65.1 Å². The molecule has 0 radical (unpaired) electrons. The molecular weight excluding hydrogens is 587 g/mol. The normalized spacial score (nSPS) is 12.1. The highest BCUT2D eigenvalue weighted by atomic mass is 79.9. The lowest BCUT2D eigenvalue weighted by atomic mass is 10.0. The van der Waals surface area contributed by atoms with Crippen LogP contribution in [0.3, 0.4) is 0 Å². The van der Waals surface area contributed by atoms with Crippen LogP contribution in [-0.2, 0) is 22.6 Å². The van der Waals surface area contributed by atoms with Crippen molar-refractivity contribution < 1.29 is 14.3 Å². The number of nitrogens with zero attached hydrogens (tertiary/aromatic N) is 1. The molecular formula is C30H33BrCl2N2O3. The molecule has 0 aliphatic rings. The number of rotatable bonds is 9. The number of carbonyl (C=O) groups excluding carboxylic acids is 2. The number of aryl methyl sites for hydroxylation is 2. The van der Waals surface area contributed by atoms with E-state index in [1.165, 1.54) is 0 Å². The molecule has 5 nitrogen and oxygen atoms in total. The van der Waals surface area contributed by atoms with Crippen LogP contribution in [0.4, 0.5) is 0 Å². The minimum Gasteiger partial charge on any atom is -0.484 e. The van der Waals surface area contributed by atoms with Gasteiger partial charge in [-0.2, -0.15) is 0 Å². The Morgan fingerprint density at radius 3 is 2.21 bits per heavy atom. The van der Waals surface area contributed by atoms with Gasteiger partial charge < -0.3 is 15.0 Å². The predicted octanol–water partition coefficient (Wildman–Crippen LogP) is 7.31. The van der Waals surface area contributed by atoms with Crippen molar-refractivity contribution in [1.29, 1.82) is 0 Å². The first kappa shape index (κ1) is 30.0. The smallest absolute Gasteiger partial charge is 0.261 e. The molecule has 0 fully saturated rings. The van der Waals surface area contributed by atoms with Crippen LogP contribution in [-0.4, -0.2) is 34.9 Å². The summed E-state index contributed by atoms with van der Waals surface area (Å²) in [4.78, 5) is 29.0. The number of ether oxygens (including phenoxy) is 1. The lowest BCUT2D eigenvalue weighted by molar-refractivity contribution is -0.143. The van der Waals surface area contributed by atoms with Gasteiger partial charge >= 0.3 is 0 Å². The molecule has 3 aromatic rings. The van der Waals surface area contributed by atoms with E-state index in [0.717, 1.165) is 21.2 Å². The Labute approximate surface area is 243 Å². The monoisotopic (exact) mass is 618 g/mol. The maximum absolute atomic E-state index is 13.8. The number of halogens is 3. The van der Waals surface area contributed by atoms with Crippen LogP contribution >= 0.6 is 39.1 Å². The molecule has 0 aromatic heterocycles. The molecule has 3 aromatic carbocycles. The second-order valence-electron chi connectivity index (χ2n) is 10.4. The van der Waals surface area contributed by atoms with Crippen LogP contribution in [0, 0.1) is 13.8 Å². The zero-order valence-corrected chi connectivity index (χ0v) is 25.4. The van der Waals surface area contributed by atoms with Gasteiger partial charge in [0, 0.05) is 33.0 Å². The van der Waals surface area contributed by atoms with E-state index in [2.05, 4.69) is 21.2 Å². The van der Waals surface area contributed by atoms with Crippen molar-refractivity contribution >= 4 is 50.9 Å². The average molecular weight is 620 g/mol. The van der Waals surface area contributed by atoms with Crippen molar-refractivity contribution in [2.45, 2.75) is 59.2 Å². The molecule has 1 unspecified atom stereocenters. The molecule has 1 N–H and O–H groups in total. The summed E-state index contributed by atoms with van der Waals surface area (Å²) in [6.45, 7) is 9.54. The summed E-state index contributed by atoms with van der Waals surface area (Å²) in [5, 5.41) is 3.96. The van der Waals surface area contributed by atoms with Crippen molar-refractivity contribution in [2.75, 3.05) is 6.61 Å². The molecule has 0 aliphatic heterocycles. The quantitative estimate of drug-likeness (QED) is 0.273. The standard InChI is InChI=1S/C30H33BrCl2N2O3/c1-19-13-24(14-20(2)28(19)31)38-18-27(36)35(17-22-11-12-23(32)16-25(22)33)26(29(37)34-30(3,4)5)15-21-9-7-6-8-10-21/h6-14,16,26H,15,17-18H2,1-5H3,(H,34,37). The molecule has 2 amide bonds. The summed E-state index contributed by atoms with van der Waals surface area (Å²) < 4.78 is 6.93. The summed E-state index contributed by atoms with van der Waals surface area (Å²) in [5.74, 6) is -0.00544. The maximum Gasteiger partial charge on any atom is 0.261 e. The maximum atomic E-state index is 13.8. The Morgan fingerprint density at radius 1 is 1.00 bits per heavy atom. The summed E-state index contributed by atoms with van der Waals surface area (Å²) in [7, 11) is 0. The molecule has 8 heteroatoms. The van der Waals surface area contributed by atoms with Gasteiger partial charge in [0.1, 0.15) is 11.8 Å². The summed E-state index contributed by atoms with van der Waals surface area (Å²) in [6, 6.07) is 17.7. The molecule has 38 heavy (non-hydrogen) atoms. The zero-order chi connectivity index (χ0) is 28.0. The average Bonchev–Trinajstić information content (AvgIpc) is 2.83. The molecule has 0 aliphatic carbocycles. The lowest BCUT2D eigenvalue weighted by Gasteiger charge is -2.34. The summed E-state index contributed by atoms with van der Waals surface area (Å²) in [6.07, 6.45) is 0.330. The first-order valence-corrected chi connectivity index (χ1v) is 13.9. The SMILES string of the molecule is Cc1cc(OCC(=O)N(Cc2ccc(Cl)cc2Cl)C(Cc2ccccc2)C(=O)NC(C)(C)C)cc(C)c1Br.